The van der Waals surface area contributed by atoms with E-state index in [2.05, 4.69) is 46.0 Å². The highest BCUT2D eigenvalue weighted by Gasteiger charge is 2.05. The molecule has 5 heteroatoms. The van der Waals surface area contributed by atoms with Gasteiger partial charge in [0.05, 0.1) is 0 Å². The monoisotopic (exact) mass is 413 g/mol. The second-order valence-corrected chi connectivity index (χ2v) is 5.03. The summed E-state index contributed by atoms with van der Waals surface area (Å²) in [5, 5.41) is 6.63. The molecule has 0 amide bonds. The number of nitrogens with one attached hydrogen (secondary N) is 2. The van der Waals surface area contributed by atoms with Gasteiger partial charge in [-0.25, -0.2) is 0 Å². The summed E-state index contributed by atoms with van der Waals surface area (Å²) in [5.41, 5.74) is 2.49. The number of nitrogens with zero attached hydrogens (tertiary/aromatic N) is 1. The highest BCUT2D eigenvalue weighted by molar-refractivity contribution is 14.0. The van der Waals surface area contributed by atoms with Crippen LogP contribution in [0.1, 0.15) is 22.6 Å². The van der Waals surface area contributed by atoms with Gasteiger partial charge >= 0.3 is 0 Å². The predicted molar refractivity (Wildman–Crippen MR) is 102 cm³/mol. The zero-order valence-corrected chi connectivity index (χ0v) is 15.7. The van der Waals surface area contributed by atoms with Crippen molar-refractivity contribution >= 4 is 29.9 Å². The number of aliphatic imine (C=N–C) groups is 1. The SMILES string of the molecule is CN=C(NCCc1ccccc1)NCc1cc(C)oc1C.I. The molecule has 0 unspecified atom stereocenters. The quantitative estimate of drug-likeness (QED) is 0.449. The van der Waals surface area contributed by atoms with Crippen molar-refractivity contribution in [2.75, 3.05) is 13.6 Å². The van der Waals surface area contributed by atoms with Crippen molar-refractivity contribution in [3.05, 3.63) is 59.0 Å². The first-order chi connectivity index (χ1) is 10.2. The van der Waals surface area contributed by atoms with Crippen LogP contribution in [0.15, 0.2) is 45.8 Å². The molecule has 0 aliphatic heterocycles. The number of aryl methyl sites for hydroxylation is 2. The molecule has 0 atom stereocenters. The number of guanidine groups is 1. The minimum Gasteiger partial charge on any atom is -0.466 e. The summed E-state index contributed by atoms with van der Waals surface area (Å²) in [5.74, 6) is 2.71. The molecule has 2 aromatic rings. The summed E-state index contributed by atoms with van der Waals surface area (Å²) in [6, 6.07) is 12.5. The summed E-state index contributed by atoms with van der Waals surface area (Å²) in [6.07, 6.45) is 0.978. The fourth-order valence-electron chi connectivity index (χ4n) is 2.23. The standard InChI is InChI=1S/C17H23N3O.HI/c1-13-11-16(14(2)21-13)12-20-17(18-3)19-10-9-15-7-5-4-6-8-15;/h4-8,11H,9-10,12H2,1-3H3,(H2,18,19,20);1H. The highest BCUT2D eigenvalue weighted by atomic mass is 127. The maximum atomic E-state index is 5.52. The number of rotatable bonds is 5. The minimum atomic E-state index is 0. The van der Waals surface area contributed by atoms with E-state index in [1.165, 1.54) is 11.1 Å². The molecule has 0 saturated heterocycles. The van der Waals surface area contributed by atoms with Crippen molar-refractivity contribution in [3.63, 3.8) is 0 Å². The van der Waals surface area contributed by atoms with E-state index in [0.717, 1.165) is 30.4 Å². The minimum absolute atomic E-state index is 0. The molecule has 0 bridgehead atoms. The van der Waals surface area contributed by atoms with Crippen molar-refractivity contribution in [1.29, 1.82) is 0 Å². The van der Waals surface area contributed by atoms with Crippen molar-refractivity contribution in [1.82, 2.24) is 10.6 Å². The van der Waals surface area contributed by atoms with Gasteiger partial charge in [0.2, 0.25) is 0 Å². The molecular formula is C17H24IN3O. The van der Waals surface area contributed by atoms with Gasteiger partial charge in [-0.15, -0.1) is 24.0 Å². The molecule has 1 heterocycles. The molecular weight excluding hydrogens is 389 g/mol. The van der Waals surface area contributed by atoms with Crippen LogP contribution in [-0.2, 0) is 13.0 Å². The first kappa shape index (κ1) is 18.5. The second-order valence-electron chi connectivity index (χ2n) is 5.03. The van der Waals surface area contributed by atoms with Crippen LogP contribution in [0.3, 0.4) is 0 Å². The largest absolute Gasteiger partial charge is 0.466 e. The molecule has 22 heavy (non-hydrogen) atoms. The van der Waals surface area contributed by atoms with E-state index in [1.807, 2.05) is 19.9 Å². The summed E-state index contributed by atoms with van der Waals surface area (Å²) < 4.78 is 5.52. The molecule has 0 aliphatic carbocycles. The number of hydrogen-bond donors (Lipinski definition) is 2. The van der Waals surface area contributed by atoms with Crippen molar-refractivity contribution in [2.45, 2.75) is 26.8 Å². The van der Waals surface area contributed by atoms with Crippen LogP contribution in [-0.4, -0.2) is 19.6 Å². The van der Waals surface area contributed by atoms with Crippen LogP contribution in [0.5, 0.6) is 0 Å². The van der Waals surface area contributed by atoms with Crippen LogP contribution < -0.4 is 10.6 Å². The van der Waals surface area contributed by atoms with Gasteiger partial charge in [0, 0.05) is 25.7 Å². The van der Waals surface area contributed by atoms with Crippen molar-refractivity contribution < 1.29 is 4.42 Å². The van der Waals surface area contributed by atoms with Gasteiger partial charge in [0.15, 0.2) is 5.96 Å². The molecule has 0 radical (unpaired) electrons. The van der Waals surface area contributed by atoms with E-state index in [-0.39, 0.29) is 24.0 Å². The Kier molecular flexibility index (Phi) is 8.01. The Hall–Kier alpha value is -1.50. The Morgan fingerprint density at radius 2 is 1.86 bits per heavy atom. The third-order valence-electron chi connectivity index (χ3n) is 3.36. The summed E-state index contributed by atoms with van der Waals surface area (Å²) in [6.45, 7) is 5.51. The zero-order valence-electron chi connectivity index (χ0n) is 13.3. The third-order valence-corrected chi connectivity index (χ3v) is 3.36. The van der Waals surface area contributed by atoms with E-state index in [0.29, 0.717) is 6.54 Å². The molecule has 2 rings (SSSR count). The maximum Gasteiger partial charge on any atom is 0.191 e. The normalized spacial score (nSPS) is 11.0. The molecule has 0 saturated carbocycles. The predicted octanol–water partition coefficient (Wildman–Crippen LogP) is 3.42. The summed E-state index contributed by atoms with van der Waals surface area (Å²) in [4.78, 5) is 4.23. The topological polar surface area (TPSA) is 49.6 Å². The molecule has 0 aliphatic rings. The van der Waals surface area contributed by atoms with E-state index in [9.17, 15) is 0 Å². The van der Waals surface area contributed by atoms with E-state index < -0.39 is 0 Å². The Balaban J connectivity index is 0.00000242. The number of hydrogen-bond acceptors (Lipinski definition) is 2. The average Bonchev–Trinajstić information content (AvgIpc) is 2.81. The summed E-state index contributed by atoms with van der Waals surface area (Å²) in [7, 11) is 1.78. The van der Waals surface area contributed by atoms with Crippen LogP contribution in [0.25, 0.3) is 0 Å². The Morgan fingerprint density at radius 1 is 1.14 bits per heavy atom. The van der Waals surface area contributed by atoms with Gasteiger partial charge in [0.1, 0.15) is 11.5 Å². The lowest BCUT2D eigenvalue weighted by atomic mass is 10.1. The molecule has 120 valence electrons. The van der Waals surface area contributed by atoms with Crippen LogP contribution in [0, 0.1) is 13.8 Å². The van der Waals surface area contributed by atoms with Crippen molar-refractivity contribution in [3.8, 4) is 0 Å². The Bertz CT molecular complexity index is 593. The van der Waals surface area contributed by atoms with E-state index in [4.69, 9.17) is 4.42 Å². The molecule has 0 fully saturated rings. The Morgan fingerprint density at radius 3 is 2.45 bits per heavy atom. The lowest BCUT2D eigenvalue weighted by Crippen LogP contribution is -2.37. The van der Waals surface area contributed by atoms with Gasteiger partial charge in [-0.2, -0.15) is 0 Å². The zero-order chi connectivity index (χ0) is 15.1. The first-order valence-electron chi connectivity index (χ1n) is 7.23. The number of furan rings is 1. The van der Waals surface area contributed by atoms with Gasteiger partial charge in [-0.05, 0) is 31.9 Å². The molecule has 2 N–H and O–H groups in total. The third kappa shape index (κ3) is 5.71. The van der Waals surface area contributed by atoms with Crippen LogP contribution in [0.4, 0.5) is 0 Å². The molecule has 4 nitrogen and oxygen atoms in total. The fraction of sp³-hybridized carbons (Fsp3) is 0.353. The van der Waals surface area contributed by atoms with E-state index >= 15 is 0 Å². The number of halogens is 1. The fourth-order valence-corrected chi connectivity index (χ4v) is 2.23. The highest BCUT2D eigenvalue weighted by Crippen LogP contribution is 2.12. The summed E-state index contributed by atoms with van der Waals surface area (Å²) >= 11 is 0. The van der Waals surface area contributed by atoms with Crippen molar-refractivity contribution in [2.24, 2.45) is 4.99 Å². The van der Waals surface area contributed by atoms with Crippen LogP contribution in [0.2, 0.25) is 0 Å². The first-order valence-corrected chi connectivity index (χ1v) is 7.23. The second kappa shape index (κ2) is 9.50. The molecule has 1 aromatic carbocycles. The molecule has 0 spiro atoms. The molecule has 1 aromatic heterocycles. The Labute approximate surface area is 149 Å². The number of benzene rings is 1. The maximum absolute atomic E-state index is 5.52. The lowest BCUT2D eigenvalue weighted by molar-refractivity contribution is 0.500. The average molecular weight is 413 g/mol. The van der Waals surface area contributed by atoms with E-state index in [1.54, 1.807) is 7.05 Å². The van der Waals surface area contributed by atoms with Gasteiger partial charge in [0.25, 0.3) is 0 Å². The van der Waals surface area contributed by atoms with Gasteiger partial charge in [-0.3, -0.25) is 4.99 Å². The van der Waals surface area contributed by atoms with Gasteiger partial charge in [-0.1, -0.05) is 30.3 Å². The van der Waals surface area contributed by atoms with Gasteiger partial charge < -0.3 is 15.1 Å². The smallest absolute Gasteiger partial charge is 0.191 e. The van der Waals surface area contributed by atoms with Crippen LogP contribution >= 0.6 is 24.0 Å². The lowest BCUT2D eigenvalue weighted by Gasteiger charge is -2.11.